The van der Waals surface area contributed by atoms with Crippen LogP contribution in [0.1, 0.15) is 12.8 Å². The van der Waals surface area contributed by atoms with E-state index in [1.165, 1.54) is 4.74 Å². The van der Waals surface area contributed by atoms with Crippen molar-refractivity contribution in [1.82, 2.24) is 0 Å². The van der Waals surface area contributed by atoms with Crippen LogP contribution in [0.4, 0.5) is 65.9 Å². The summed E-state index contributed by atoms with van der Waals surface area (Å²) in [6, 6.07) is 0. The molecular weight excluding hydrogens is 465 g/mol. The normalized spacial score (nSPS) is 20.2. The van der Waals surface area contributed by atoms with E-state index in [4.69, 9.17) is 0 Å². The molecule has 0 aromatic rings. The van der Waals surface area contributed by atoms with Gasteiger partial charge >= 0.3 is 42.5 Å². The van der Waals surface area contributed by atoms with E-state index in [1.807, 2.05) is 0 Å². The van der Waals surface area contributed by atoms with Crippen molar-refractivity contribution in [2.75, 3.05) is 6.61 Å². The van der Waals surface area contributed by atoms with E-state index >= 15 is 0 Å². The lowest BCUT2D eigenvalue weighted by molar-refractivity contribution is -0.542. The third-order valence-corrected chi connectivity index (χ3v) is 3.15. The third-order valence-electron chi connectivity index (χ3n) is 3.15. The molecule has 0 radical (unpaired) electrons. The SMILES string of the molecule is FC(F)(CCC1CO1)OC(F)(F)C(F)(F)OC(F)(F)C(F)(F)C(F)(F)C(F)(F)F. The molecule has 29 heavy (non-hydrogen) atoms. The summed E-state index contributed by atoms with van der Waals surface area (Å²) in [5.41, 5.74) is 0. The van der Waals surface area contributed by atoms with Gasteiger partial charge in [0.2, 0.25) is 0 Å². The second-order valence-corrected chi connectivity index (χ2v) is 5.53. The number of ether oxygens (including phenoxy) is 3. The molecule has 0 spiro atoms. The van der Waals surface area contributed by atoms with Crippen LogP contribution >= 0.6 is 0 Å². The minimum Gasteiger partial charge on any atom is -0.373 e. The van der Waals surface area contributed by atoms with Crippen LogP contribution in [0.15, 0.2) is 0 Å². The highest BCUT2D eigenvalue weighted by molar-refractivity contribution is 4.97. The van der Waals surface area contributed by atoms with E-state index in [1.54, 1.807) is 0 Å². The number of hydrogen-bond donors (Lipinski definition) is 0. The predicted molar refractivity (Wildman–Crippen MR) is 56.9 cm³/mol. The van der Waals surface area contributed by atoms with Crippen molar-refractivity contribution < 1.29 is 80.1 Å². The number of halogens is 15. The highest BCUT2D eigenvalue weighted by Crippen LogP contribution is 2.56. The van der Waals surface area contributed by atoms with Gasteiger partial charge in [-0.05, 0) is 6.42 Å². The Kier molecular flexibility index (Phi) is 6.43. The van der Waals surface area contributed by atoms with E-state index in [9.17, 15) is 65.9 Å². The first kappa shape index (κ1) is 25.9. The maximum Gasteiger partial charge on any atom is 0.460 e. The van der Waals surface area contributed by atoms with Gasteiger partial charge in [-0.15, -0.1) is 0 Å². The van der Waals surface area contributed by atoms with E-state index in [0.29, 0.717) is 0 Å². The first-order valence-electron chi connectivity index (χ1n) is 6.85. The maximum atomic E-state index is 13.1. The fraction of sp³-hybridized carbons (Fsp3) is 1.00. The molecule has 0 amide bonds. The van der Waals surface area contributed by atoms with Gasteiger partial charge in [-0.1, -0.05) is 0 Å². The first-order chi connectivity index (χ1) is 12.5. The van der Waals surface area contributed by atoms with E-state index in [0.717, 1.165) is 0 Å². The fourth-order valence-electron chi connectivity index (χ4n) is 1.51. The highest BCUT2D eigenvalue weighted by Gasteiger charge is 2.85. The summed E-state index contributed by atoms with van der Waals surface area (Å²) in [6.45, 7) is -0.111. The Morgan fingerprint density at radius 1 is 0.621 bits per heavy atom. The van der Waals surface area contributed by atoms with Crippen molar-refractivity contribution in [3.05, 3.63) is 0 Å². The monoisotopic (exact) mass is 472 g/mol. The Bertz CT molecular complexity index is 581. The third kappa shape index (κ3) is 5.31. The molecule has 0 aromatic heterocycles. The van der Waals surface area contributed by atoms with Gasteiger partial charge in [0.25, 0.3) is 0 Å². The lowest BCUT2D eigenvalue weighted by atomic mass is 10.1. The maximum absolute atomic E-state index is 13.1. The Balaban J connectivity index is 3.04. The second kappa shape index (κ2) is 7.21. The quantitative estimate of drug-likeness (QED) is 0.315. The number of epoxide rings is 1. The molecule has 1 heterocycles. The van der Waals surface area contributed by atoms with Gasteiger partial charge in [0.05, 0.1) is 12.7 Å². The lowest BCUT2D eigenvalue weighted by Gasteiger charge is -2.36. The van der Waals surface area contributed by atoms with Crippen LogP contribution in [0.5, 0.6) is 0 Å². The first-order valence-corrected chi connectivity index (χ1v) is 6.85. The largest absolute Gasteiger partial charge is 0.460 e. The number of rotatable bonds is 10. The standard InChI is InChI=1S/C11H7F15O3/c12-5(13,2-1-4-3-27-4)28-10(23,24)11(25,26)29-9(21,22)7(16,17)6(14,15)8(18,19)20/h4H,1-3H2. The Morgan fingerprint density at radius 3 is 1.41 bits per heavy atom. The average Bonchev–Trinajstić information content (AvgIpc) is 3.25. The molecule has 0 saturated carbocycles. The van der Waals surface area contributed by atoms with E-state index in [2.05, 4.69) is 9.47 Å². The molecule has 1 aliphatic heterocycles. The Labute approximate surface area is 149 Å². The summed E-state index contributed by atoms with van der Waals surface area (Å²) in [5.74, 6) is -15.6. The summed E-state index contributed by atoms with van der Waals surface area (Å²) in [4.78, 5) is 0. The summed E-state index contributed by atoms with van der Waals surface area (Å²) in [6.07, 6.45) is -37.8. The van der Waals surface area contributed by atoms with Gasteiger partial charge in [0.1, 0.15) is 0 Å². The van der Waals surface area contributed by atoms with Gasteiger partial charge in [-0.25, -0.2) is 9.47 Å². The van der Waals surface area contributed by atoms with Crippen LogP contribution in [0, 0.1) is 0 Å². The summed E-state index contributed by atoms with van der Waals surface area (Å²) >= 11 is 0. The van der Waals surface area contributed by atoms with Crippen LogP contribution in [0.3, 0.4) is 0 Å². The topological polar surface area (TPSA) is 31.0 Å². The molecule has 0 aliphatic carbocycles. The van der Waals surface area contributed by atoms with Crippen molar-refractivity contribution in [1.29, 1.82) is 0 Å². The number of hydrogen-bond acceptors (Lipinski definition) is 3. The Morgan fingerprint density at radius 2 is 1.03 bits per heavy atom. The molecule has 1 aliphatic rings. The Hall–Kier alpha value is -1.17. The van der Waals surface area contributed by atoms with Crippen LogP contribution in [-0.2, 0) is 14.2 Å². The molecular formula is C11H7F15O3. The molecule has 1 saturated heterocycles. The predicted octanol–water partition coefficient (Wildman–Crippen LogP) is 5.40. The van der Waals surface area contributed by atoms with Crippen molar-refractivity contribution in [3.8, 4) is 0 Å². The van der Waals surface area contributed by atoms with Gasteiger partial charge in [-0.3, -0.25) is 0 Å². The second-order valence-electron chi connectivity index (χ2n) is 5.53. The summed E-state index contributed by atoms with van der Waals surface area (Å²) in [7, 11) is 0. The smallest absolute Gasteiger partial charge is 0.373 e. The highest BCUT2D eigenvalue weighted by atomic mass is 19.4. The van der Waals surface area contributed by atoms with E-state index < -0.39 is 61.4 Å². The minimum atomic E-state index is -7.86. The zero-order valence-corrected chi connectivity index (χ0v) is 13.1. The van der Waals surface area contributed by atoms with Crippen molar-refractivity contribution >= 4 is 0 Å². The van der Waals surface area contributed by atoms with Gasteiger partial charge in [-0.2, -0.15) is 65.9 Å². The van der Waals surface area contributed by atoms with Crippen molar-refractivity contribution in [2.24, 2.45) is 0 Å². The lowest BCUT2D eigenvalue weighted by Crippen LogP contribution is -2.64. The zero-order chi connectivity index (χ0) is 23.3. The minimum absolute atomic E-state index is 0.111. The van der Waals surface area contributed by atoms with Gasteiger partial charge in [0.15, 0.2) is 0 Å². The molecule has 1 unspecified atom stereocenters. The van der Waals surface area contributed by atoms with Crippen molar-refractivity contribution in [3.63, 3.8) is 0 Å². The number of alkyl halides is 15. The average molecular weight is 472 g/mol. The fourth-order valence-corrected chi connectivity index (χ4v) is 1.51. The molecule has 0 bridgehead atoms. The zero-order valence-electron chi connectivity index (χ0n) is 13.1. The summed E-state index contributed by atoms with van der Waals surface area (Å²) in [5, 5.41) is 0. The molecule has 174 valence electrons. The van der Waals surface area contributed by atoms with Gasteiger partial charge < -0.3 is 4.74 Å². The van der Waals surface area contributed by atoms with Crippen LogP contribution in [-0.4, -0.2) is 55.2 Å². The molecule has 1 rings (SSSR count). The molecule has 18 heteroatoms. The molecule has 1 atom stereocenters. The molecule has 1 fully saturated rings. The van der Waals surface area contributed by atoms with Crippen LogP contribution in [0.25, 0.3) is 0 Å². The molecule has 3 nitrogen and oxygen atoms in total. The molecule has 0 N–H and O–H groups in total. The summed E-state index contributed by atoms with van der Waals surface area (Å²) < 4.78 is 199. The van der Waals surface area contributed by atoms with E-state index in [-0.39, 0.29) is 6.61 Å². The van der Waals surface area contributed by atoms with Crippen LogP contribution in [0.2, 0.25) is 0 Å². The van der Waals surface area contributed by atoms with Crippen LogP contribution < -0.4 is 0 Å². The van der Waals surface area contributed by atoms with Gasteiger partial charge in [0, 0.05) is 6.42 Å². The molecule has 0 aromatic carbocycles. The van der Waals surface area contributed by atoms with Crippen molar-refractivity contribution in [2.45, 2.75) is 61.4 Å².